The van der Waals surface area contributed by atoms with Gasteiger partial charge in [-0.1, -0.05) is 13.8 Å². The van der Waals surface area contributed by atoms with Gasteiger partial charge in [0.25, 0.3) is 0 Å². The second-order valence-corrected chi connectivity index (χ2v) is 7.58. The van der Waals surface area contributed by atoms with Crippen LogP contribution in [0.3, 0.4) is 0 Å². The highest BCUT2D eigenvalue weighted by molar-refractivity contribution is 4.98. The lowest BCUT2D eigenvalue weighted by molar-refractivity contribution is -0.0411. The van der Waals surface area contributed by atoms with Crippen molar-refractivity contribution in [1.82, 2.24) is 0 Å². The van der Waals surface area contributed by atoms with Crippen LogP contribution in [0.4, 0.5) is 0 Å². The lowest BCUT2D eigenvalue weighted by atomic mass is 9.51. The number of nitrogens with two attached hydrogens (primary N) is 1. The van der Waals surface area contributed by atoms with Gasteiger partial charge in [-0.05, 0) is 80.5 Å². The zero-order chi connectivity index (χ0) is 12.0. The highest BCUT2D eigenvalue weighted by atomic mass is 14.6. The van der Waals surface area contributed by atoms with E-state index in [1.165, 1.54) is 12.8 Å². The standard InChI is InChI=1S/C16H29N/c1-10(2)16(17)4-3-15-13-6-11-5-12(8-13)9-14(15)7-11/h10-16H,3-9,17H2,1-2H3. The third kappa shape index (κ3) is 2.28. The Morgan fingerprint density at radius 2 is 1.47 bits per heavy atom. The van der Waals surface area contributed by atoms with Crippen LogP contribution in [-0.4, -0.2) is 6.04 Å². The molecule has 0 radical (unpaired) electrons. The summed E-state index contributed by atoms with van der Waals surface area (Å²) >= 11 is 0. The molecule has 17 heavy (non-hydrogen) atoms. The summed E-state index contributed by atoms with van der Waals surface area (Å²) in [6.45, 7) is 4.53. The lowest BCUT2D eigenvalue weighted by Gasteiger charge is -2.54. The monoisotopic (exact) mass is 235 g/mol. The number of hydrogen-bond donors (Lipinski definition) is 1. The molecule has 0 spiro atoms. The van der Waals surface area contributed by atoms with E-state index in [4.69, 9.17) is 5.73 Å². The smallest absolute Gasteiger partial charge is 0.00620 e. The van der Waals surface area contributed by atoms with E-state index in [9.17, 15) is 0 Å². The Morgan fingerprint density at radius 3 is 1.94 bits per heavy atom. The van der Waals surface area contributed by atoms with Gasteiger partial charge in [0.15, 0.2) is 0 Å². The maximum absolute atomic E-state index is 6.22. The number of hydrogen-bond acceptors (Lipinski definition) is 1. The van der Waals surface area contributed by atoms with E-state index >= 15 is 0 Å². The average molecular weight is 235 g/mol. The summed E-state index contributed by atoms with van der Waals surface area (Å²) in [6.07, 6.45) is 10.5. The second kappa shape index (κ2) is 4.57. The molecular weight excluding hydrogens is 206 g/mol. The highest BCUT2D eigenvalue weighted by Gasteiger charge is 2.47. The fourth-order valence-corrected chi connectivity index (χ4v) is 5.23. The zero-order valence-corrected chi connectivity index (χ0v) is 11.6. The summed E-state index contributed by atoms with van der Waals surface area (Å²) in [4.78, 5) is 0. The molecule has 4 fully saturated rings. The molecule has 98 valence electrons. The molecule has 0 aromatic carbocycles. The maximum atomic E-state index is 6.22. The van der Waals surface area contributed by atoms with Gasteiger partial charge in [0.2, 0.25) is 0 Å². The van der Waals surface area contributed by atoms with Crippen LogP contribution >= 0.6 is 0 Å². The van der Waals surface area contributed by atoms with Gasteiger partial charge in [-0.2, -0.15) is 0 Å². The first-order valence-corrected chi connectivity index (χ1v) is 7.89. The third-order valence-corrected chi connectivity index (χ3v) is 6.11. The molecule has 1 unspecified atom stereocenters. The van der Waals surface area contributed by atoms with Crippen LogP contribution in [0.1, 0.15) is 58.8 Å². The Kier molecular flexibility index (Phi) is 3.23. The maximum Gasteiger partial charge on any atom is 0.00620 e. The van der Waals surface area contributed by atoms with Crippen molar-refractivity contribution in [3.63, 3.8) is 0 Å². The van der Waals surface area contributed by atoms with Crippen LogP contribution < -0.4 is 5.73 Å². The van der Waals surface area contributed by atoms with Crippen molar-refractivity contribution in [3.8, 4) is 0 Å². The summed E-state index contributed by atoms with van der Waals surface area (Å²) in [6, 6.07) is 0.437. The van der Waals surface area contributed by atoms with Gasteiger partial charge in [-0.3, -0.25) is 0 Å². The normalized spacial score (nSPS) is 45.5. The molecule has 4 rings (SSSR count). The van der Waals surface area contributed by atoms with Gasteiger partial charge in [-0.25, -0.2) is 0 Å². The van der Waals surface area contributed by atoms with E-state index in [0.29, 0.717) is 12.0 Å². The van der Waals surface area contributed by atoms with Gasteiger partial charge < -0.3 is 5.73 Å². The molecule has 2 N–H and O–H groups in total. The molecule has 0 aromatic heterocycles. The topological polar surface area (TPSA) is 26.0 Å². The van der Waals surface area contributed by atoms with Crippen LogP contribution in [0, 0.1) is 35.5 Å². The molecule has 1 atom stereocenters. The quantitative estimate of drug-likeness (QED) is 0.787. The van der Waals surface area contributed by atoms with Crippen molar-refractivity contribution in [1.29, 1.82) is 0 Å². The van der Waals surface area contributed by atoms with E-state index in [0.717, 1.165) is 29.6 Å². The van der Waals surface area contributed by atoms with Gasteiger partial charge in [-0.15, -0.1) is 0 Å². The van der Waals surface area contributed by atoms with Crippen LogP contribution in [0.5, 0.6) is 0 Å². The zero-order valence-electron chi connectivity index (χ0n) is 11.6. The van der Waals surface area contributed by atoms with Crippen LogP contribution in [0.15, 0.2) is 0 Å². The van der Waals surface area contributed by atoms with Crippen LogP contribution in [-0.2, 0) is 0 Å². The van der Waals surface area contributed by atoms with Crippen molar-refractivity contribution in [2.24, 2.45) is 41.2 Å². The van der Waals surface area contributed by atoms with Gasteiger partial charge >= 0.3 is 0 Å². The van der Waals surface area contributed by atoms with Gasteiger partial charge in [0.1, 0.15) is 0 Å². The van der Waals surface area contributed by atoms with Crippen molar-refractivity contribution in [3.05, 3.63) is 0 Å². The van der Waals surface area contributed by atoms with E-state index < -0.39 is 0 Å². The van der Waals surface area contributed by atoms with Crippen molar-refractivity contribution in [2.75, 3.05) is 0 Å². The summed E-state index contributed by atoms with van der Waals surface area (Å²) < 4.78 is 0. The van der Waals surface area contributed by atoms with Crippen molar-refractivity contribution in [2.45, 2.75) is 64.8 Å². The van der Waals surface area contributed by atoms with E-state index in [2.05, 4.69) is 13.8 Å². The predicted molar refractivity (Wildman–Crippen MR) is 72.6 cm³/mol. The summed E-state index contributed by atoms with van der Waals surface area (Å²) in [7, 11) is 0. The minimum absolute atomic E-state index is 0.437. The molecule has 0 aromatic rings. The van der Waals surface area contributed by atoms with Crippen molar-refractivity contribution >= 4 is 0 Å². The summed E-state index contributed by atoms with van der Waals surface area (Å²) in [5.41, 5.74) is 6.22. The molecule has 4 saturated carbocycles. The van der Waals surface area contributed by atoms with Crippen molar-refractivity contribution < 1.29 is 0 Å². The van der Waals surface area contributed by atoms with E-state index in [1.807, 2.05) is 0 Å². The summed E-state index contributed by atoms with van der Waals surface area (Å²) in [5, 5.41) is 0. The largest absolute Gasteiger partial charge is 0.327 e. The Balaban J connectivity index is 1.57. The molecule has 4 aliphatic carbocycles. The van der Waals surface area contributed by atoms with E-state index in [-0.39, 0.29) is 0 Å². The molecule has 0 aliphatic heterocycles. The first-order valence-electron chi connectivity index (χ1n) is 7.89. The predicted octanol–water partition coefficient (Wildman–Crippen LogP) is 3.82. The van der Waals surface area contributed by atoms with Crippen LogP contribution in [0.2, 0.25) is 0 Å². The Morgan fingerprint density at radius 1 is 0.941 bits per heavy atom. The summed E-state index contributed by atoms with van der Waals surface area (Å²) in [5.74, 6) is 6.12. The minimum Gasteiger partial charge on any atom is -0.327 e. The van der Waals surface area contributed by atoms with Gasteiger partial charge in [0.05, 0.1) is 0 Å². The third-order valence-electron chi connectivity index (χ3n) is 6.11. The molecule has 4 aliphatic rings. The molecule has 1 nitrogen and oxygen atoms in total. The Bertz CT molecular complexity index is 243. The average Bonchev–Trinajstić information content (AvgIpc) is 2.26. The molecule has 0 saturated heterocycles. The second-order valence-electron chi connectivity index (χ2n) is 7.58. The number of rotatable bonds is 4. The SMILES string of the molecule is CC(C)C(N)CCC1C2CC3CC(C2)CC1C3. The molecule has 4 bridgehead atoms. The fraction of sp³-hybridized carbons (Fsp3) is 1.00. The Labute approximate surface area is 107 Å². The molecule has 0 heterocycles. The molecular formula is C16H29N. The molecule has 0 amide bonds. The van der Waals surface area contributed by atoms with E-state index in [1.54, 1.807) is 32.1 Å². The first-order chi connectivity index (χ1) is 8.13. The van der Waals surface area contributed by atoms with Gasteiger partial charge in [0, 0.05) is 6.04 Å². The van der Waals surface area contributed by atoms with Crippen LogP contribution in [0.25, 0.3) is 0 Å². The lowest BCUT2D eigenvalue weighted by Crippen LogP contribution is -2.45. The highest BCUT2D eigenvalue weighted by Crippen LogP contribution is 2.57. The first kappa shape index (κ1) is 12.0. The Hall–Kier alpha value is -0.0400. The minimum atomic E-state index is 0.437. The fourth-order valence-electron chi connectivity index (χ4n) is 5.23. The molecule has 1 heteroatoms.